The van der Waals surface area contributed by atoms with Crippen LogP contribution in [0.1, 0.15) is 33.3 Å². The maximum absolute atomic E-state index is 9.92. The van der Waals surface area contributed by atoms with Gasteiger partial charge < -0.3 is 20.5 Å². The molecule has 0 aliphatic heterocycles. The van der Waals surface area contributed by atoms with Crippen LogP contribution in [0.3, 0.4) is 0 Å². The van der Waals surface area contributed by atoms with Gasteiger partial charge in [-0.1, -0.05) is 0 Å². The molecule has 136 valence electrons. The van der Waals surface area contributed by atoms with Crippen molar-refractivity contribution in [2.24, 2.45) is 4.99 Å². The van der Waals surface area contributed by atoms with E-state index in [2.05, 4.69) is 48.2 Å². The molecule has 0 bridgehead atoms. The van der Waals surface area contributed by atoms with Crippen molar-refractivity contribution in [3.05, 3.63) is 23.8 Å². The molecule has 24 heavy (non-hydrogen) atoms. The average Bonchev–Trinajstić information content (AvgIpc) is 2.54. The maximum atomic E-state index is 9.92. The van der Waals surface area contributed by atoms with Crippen molar-refractivity contribution in [1.29, 1.82) is 0 Å². The number of nitrogens with zero attached hydrogens (tertiary/aromatic N) is 2. The van der Waals surface area contributed by atoms with Gasteiger partial charge >= 0.3 is 0 Å². The first-order valence-corrected chi connectivity index (χ1v) is 8.45. The third-order valence-electron chi connectivity index (χ3n) is 3.95. The normalized spacial score (nSPS) is 12.1. The standard InChI is InChI=1S/C18H32N4O2/c1-13(2)22(14(3)4)10-9-20-18(19-5)21-12-15-11-16(24-6)7-8-17(15)23/h7-8,11,13-14,23H,9-10,12H2,1-6H3,(H2,19,20,21). The summed E-state index contributed by atoms with van der Waals surface area (Å²) in [6, 6.07) is 6.20. The largest absolute Gasteiger partial charge is 0.508 e. The smallest absolute Gasteiger partial charge is 0.191 e. The van der Waals surface area contributed by atoms with E-state index in [4.69, 9.17) is 4.74 Å². The second-order valence-corrected chi connectivity index (χ2v) is 6.27. The molecule has 1 aromatic rings. The Labute approximate surface area is 145 Å². The molecule has 0 aliphatic carbocycles. The lowest BCUT2D eigenvalue weighted by atomic mass is 10.2. The molecule has 3 N–H and O–H groups in total. The molecule has 0 aromatic heterocycles. The minimum absolute atomic E-state index is 0.240. The van der Waals surface area contributed by atoms with Crippen molar-refractivity contribution in [3.63, 3.8) is 0 Å². The summed E-state index contributed by atoms with van der Waals surface area (Å²) in [6.07, 6.45) is 0. The van der Waals surface area contributed by atoms with Gasteiger partial charge in [0.05, 0.1) is 7.11 Å². The Morgan fingerprint density at radius 3 is 2.42 bits per heavy atom. The summed E-state index contributed by atoms with van der Waals surface area (Å²) >= 11 is 0. The fourth-order valence-electron chi connectivity index (χ4n) is 2.65. The number of nitrogens with one attached hydrogen (secondary N) is 2. The number of methoxy groups -OCH3 is 1. The molecule has 0 saturated carbocycles. The Morgan fingerprint density at radius 2 is 1.88 bits per heavy atom. The zero-order valence-corrected chi connectivity index (χ0v) is 15.8. The van der Waals surface area contributed by atoms with Gasteiger partial charge in [0.15, 0.2) is 5.96 Å². The highest BCUT2D eigenvalue weighted by molar-refractivity contribution is 5.79. The van der Waals surface area contributed by atoms with Crippen LogP contribution in [0.15, 0.2) is 23.2 Å². The Morgan fingerprint density at radius 1 is 1.21 bits per heavy atom. The number of guanidine groups is 1. The van der Waals surface area contributed by atoms with Gasteiger partial charge in [-0.25, -0.2) is 0 Å². The number of phenols is 1. The number of aromatic hydroxyl groups is 1. The Kier molecular flexibility index (Phi) is 8.40. The van der Waals surface area contributed by atoms with Gasteiger partial charge in [-0.15, -0.1) is 0 Å². The predicted molar refractivity (Wildman–Crippen MR) is 99.8 cm³/mol. The van der Waals surface area contributed by atoms with E-state index < -0.39 is 0 Å². The number of hydrogen-bond donors (Lipinski definition) is 3. The van der Waals surface area contributed by atoms with E-state index in [0.717, 1.165) is 24.4 Å². The molecule has 6 heteroatoms. The zero-order chi connectivity index (χ0) is 18.1. The monoisotopic (exact) mass is 336 g/mol. The molecule has 1 rings (SSSR count). The lowest BCUT2D eigenvalue weighted by molar-refractivity contribution is 0.178. The van der Waals surface area contributed by atoms with E-state index in [1.165, 1.54) is 0 Å². The summed E-state index contributed by atoms with van der Waals surface area (Å²) in [5.74, 6) is 1.67. The molecule has 0 atom stereocenters. The van der Waals surface area contributed by atoms with E-state index >= 15 is 0 Å². The lowest BCUT2D eigenvalue weighted by Crippen LogP contribution is -2.45. The van der Waals surface area contributed by atoms with Gasteiger partial charge in [0.25, 0.3) is 0 Å². The number of phenolic OH excluding ortho intramolecular Hbond substituents is 1. The number of hydrogen-bond acceptors (Lipinski definition) is 4. The van der Waals surface area contributed by atoms with Crippen LogP contribution in [-0.2, 0) is 6.54 Å². The quantitative estimate of drug-likeness (QED) is 0.501. The van der Waals surface area contributed by atoms with Crippen LogP contribution >= 0.6 is 0 Å². The van der Waals surface area contributed by atoms with Crippen molar-refractivity contribution in [2.75, 3.05) is 27.2 Å². The van der Waals surface area contributed by atoms with Crippen LogP contribution in [-0.4, -0.2) is 55.3 Å². The van der Waals surface area contributed by atoms with Gasteiger partial charge in [-0.3, -0.25) is 9.89 Å². The van der Waals surface area contributed by atoms with Gasteiger partial charge in [0.2, 0.25) is 0 Å². The van der Waals surface area contributed by atoms with Crippen LogP contribution < -0.4 is 15.4 Å². The van der Waals surface area contributed by atoms with Crippen LogP contribution in [0.2, 0.25) is 0 Å². The second kappa shape index (κ2) is 10.0. The molecule has 0 radical (unpaired) electrons. The van der Waals surface area contributed by atoms with Crippen LogP contribution in [0.5, 0.6) is 11.5 Å². The van der Waals surface area contributed by atoms with Crippen molar-refractivity contribution in [1.82, 2.24) is 15.5 Å². The summed E-state index contributed by atoms with van der Waals surface area (Å²) in [6.45, 7) is 11.1. The molecule has 0 saturated heterocycles. The van der Waals surface area contributed by atoms with Crippen molar-refractivity contribution in [2.45, 2.75) is 46.3 Å². The molecule has 0 aliphatic rings. The highest BCUT2D eigenvalue weighted by atomic mass is 16.5. The minimum Gasteiger partial charge on any atom is -0.508 e. The highest BCUT2D eigenvalue weighted by Gasteiger charge is 2.12. The SMILES string of the molecule is CN=C(NCCN(C(C)C)C(C)C)NCc1cc(OC)ccc1O. The van der Waals surface area contributed by atoms with Crippen LogP contribution in [0.4, 0.5) is 0 Å². The molecule has 0 fully saturated rings. The summed E-state index contributed by atoms with van der Waals surface area (Å²) < 4.78 is 5.19. The Hall–Kier alpha value is -1.95. The van der Waals surface area contributed by atoms with Gasteiger partial charge in [-0.05, 0) is 45.9 Å². The zero-order valence-electron chi connectivity index (χ0n) is 15.8. The van der Waals surface area contributed by atoms with E-state index in [1.807, 2.05) is 6.07 Å². The van der Waals surface area contributed by atoms with Crippen molar-refractivity contribution < 1.29 is 9.84 Å². The molecular weight excluding hydrogens is 304 g/mol. The topological polar surface area (TPSA) is 69.1 Å². The third kappa shape index (κ3) is 6.28. The highest BCUT2D eigenvalue weighted by Crippen LogP contribution is 2.22. The second-order valence-electron chi connectivity index (χ2n) is 6.27. The fourth-order valence-corrected chi connectivity index (χ4v) is 2.65. The van der Waals surface area contributed by atoms with Gasteiger partial charge in [0, 0.05) is 44.3 Å². The summed E-state index contributed by atoms with van der Waals surface area (Å²) in [7, 11) is 3.35. The maximum Gasteiger partial charge on any atom is 0.191 e. The molecule has 0 unspecified atom stereocenters. The van der Waals surface area contributed by atoms with Gasteiger partial charge in [0.1, 0.15) is 11.5 Å². The number of aliphatic imine (C=N–C) groups is 1. The summed E-state index contributed by atoms with van der Waals surface area (Å²) in [4.78, 5) is 6.65. The first kappa shape index (κ1) is 20.1. The van der Waals surface area contributed by atoms with E-state index in [0.29, 0.717) is 24.6 Å². The van der Waals surface area contributed by atoms with E-state index in [9.17, 15) is 5.11 Å². The minimum atomic E-state index is 0.240. The lowest BCUT2D eigenvalue weighted by Gasteiger charge is -2.30. The predicted octanol–water partition coefficient (Wildman–Crippen LogP) is 2.18. The summed E-state index contributed by atoms with van der Waals surface area (Å²) in [5.41, 5.74) is 0.767. The average molecular weight is 336 g/mol. The molecule has 6 nitrogen and oxygen atoms in total. The molecule has 0 spiro atoms. The number of rotatable bonds is 8. The summed E-state index contributed by atoms with van der Waals surface area (Å²) in [5, 5.41) is 16.5. The van der Waals surface area contributed by atoms with Crippen LogP contribution in [0.25, 0.3) is 0 Å². The third-order valence-corrected chi connectivity index (χ3v) is 3.95. The van der Waals surface area contributed by atoms with E-state index in [-0.39, 0.29) is 5.75 Å². The number of ether oxygens (including phenoxy) is 1. The van der Waals surface area contributed by atoms with Crippen molar-refractivity contribution >= 4 is 5.96 Å². The van der Waals surface area contributed by atoms with Gasteiger partial charge in [-0.2, -0.15) is 0 Å². The molecular formula is C18H32N4O2. The molecule has 0 heterocycles. The Bertz CT molecular complexity index is 522. The Balaban J connectivity index is 2.51. The molecule has 1 aromatic carbocycles. The fraction of sp³-hybridized carbons (Fsp3) is 0.611. The van der Waals surface area contributed by atoms with Crippen molar-refractivity contribution in [3.8, 4) is 11.5 Å². The number of benzene rings is 1. The van der Waals surface area contributed by atoms with E-state index in [1.54, 1.807) is 26.3 Å². The van der Waals surface area contributed by atoms with Crippen LogP contribution in [0, 0.1) is 0 Å². The molecule has 0 amide bonds. The first-order chi connectivity index (χ1) is 11.4. The first-order valence-electron chi connectivity index (χ1n) is 8.45.